The van der Waals surface area contributed by atoms with E-state index in [9.17, 15) is 0 Å². The molecular formula is C15H15N5S2. The lowest BCUT2D eigenvalue weighted by Gasteiger charge is -2.08. The van der Waals surface area contributed by atoms with Crippen molar-refractivity contribution in [2.24, 2.45) is 0 Å². The highest BCUT2D eigenvalue weighted by molar-refractivity contribution is 7.80. The van der Waals surface area contributed by atoms with E-state index in [4.69, 9.17) is 12.2 Å². The quantitative estimate of drug-likeness (QED) is 0.718. The van der Waals surface area contributed by atoms with Gasteiger partial charge in [0.1, 0.15) is 17.0 Å². The molecule has 0 atom stereocenters. The zero-order valence-electron chi connectivity index (χ0n) is 12.3. The number of aryl methyl sites for hydroxylation is 1. The lowest BCUT2D eigenvalue weighted by molar-refractivity contribution is 0.978. The lowest BCUT2D eigenvalue weighted by Crippen LogP contribution is -2.28. The van der Waals surface area contributed by atoms with Crippen LogP contribution in [0.3, 0.4) is 0 Å². The number of anilines is 1. The number of rotatable bonds is 3. The molecule has 0 aliphatic heterocycles. The SMILES string of the molecule is CCNC(=S)Nc1ccc2ncc(-c3cc(C)cs3)nc2n1. The van der Waals surface area contributed by atoms with Crippen molar-refractivity contribution in [3.05, 3.63) is 35.3 Å². The summed E-state index contributed by atoms with van der Waals surface area (Å²) in [4.78, 5) is 14.6. The van der Waals surface area contributed by atoms with Gasteiger partial charge in [-0.3, -0.25) is 4.98 Å². The topological polar surface area (TPSA) is 62.7 Å². The molecule has 0 fully saturated rings. The highest BCUT2D eigenvalue weighted by Gasteiger charge is 2.07. The summed E-state index contributed by atoms with van der Waals surface area (Å²) in [5, 5.41) is 8.72. The van der Waals surface area contributed by atoms with Crippen molar-refractivity contribution in [3.8, 4) is 10.6 Å². The molecule has 3 rings (SSSR count). The minimum absolute atomic E-state index is 0.548. The molecule has 0 aromatic carbocycles. The molecule has 7 heteroatoms. The molecular weight excluding hydrogens is 314 g/mol. The molecule has 0 aliphatic carbocycles. The van der Waals surface area contributed by atoms with E-state index in [1.807, 2.05) is 19.1 Å². The summed E-state index contributed by atoms with van der Waals surface area (Å²) in [7, 11) is 0. The average Bonchev–Trinajstić information content (AvgIpc) is 2.93. The Labute approximate surface area is 137 Å². The molecule has 0 saturated heterocycles. The Bertz CT molecular complexity index is 828. The number of hydrogen-bond donors (Lipinski definition) is 2. The standard InChI is InChI=1S/C15H15N5S2/c1-3-16-15(21)20-13-5-4-10-14(19-13)18-11(7-17-10)12-6-9(2)8-22-12/h4-8H,3H2,1-2H3,(H2,16,18,19,20,21). The monoisotopic (exact) mass is 329 g/mol. The highest BCUT2D eigenvalue weighted by atomic mass is 32.1. The summed E-state index contributed by atoms with van der Waals surface area (Å²) in [5.41, 5.74) is 3.43. The zero-order valence-corrected chi connectivity index (χ0v) is 13.9. The molecule has 0 radical (unpaired) electrons. The maximum absolute atomic E-state index is 5.17. The summed E-state index contributed by atoms with van der Waals surface area (Å²) < 4.78 is 0. The molecule has 3 heterocycles. The third-order valence-electron chi connectivity index (χ3n) is 2.97. The summed E-state index contributed by atoms with van der Waals surface area (Å²) in [5.74, 6) is 0.660. The number of thiophene rings is 1. The van der Waals surface area contributed by atoms with E-state index in [0.717, 1.165) is 22.6 Å². The Morgan fingerprint density at radius 3 is 2.91 bits per heavy atom. The number of pyridine rings is 1. The first-order valence-electron chi connectivity index (χ1n) is 6.90. The maximum atomic E-state index is 5.17. The van der Waals surface area contributed by atoms with Gasteiger partial charge >= 0.3 is 0 Å². The maximum Gasteiger partial charge on any atom is 0.180 e. The molecule has 2 N–H and O–H groups in total. The van der Waals surface area contributed by atoms with Gasteiger partial charge in [0, 0.05) is 6.54 Å². The third kappa shape index (κ3) is 3.20. The number of hydrogen-bond acceptors (Lipinski definition) is 5. The number of nitrogens with one attached hydrogen (secondary N) is 2. The van der Waals surface area contributed by atoms with Gasteiger partial charge in [0.15, 0.2) is 10.8 Å². The van der Waals surface area contributed by atoms with Crippen LogP contribution in [-0.4, -0.2) is 26.6 Å². The zero-order chi connectivity index (χ0) is 15.5. The van der Waals surface area contributed by atoms with Crippen molar-refractivity contribution >= 4 is 45.6 Å². The Morgan fingerprint density at radius 2 is 2.18 bits per heavy atom. The van der Waals surface area contributed by atoms with Crippen LogP contribution < -0.4 is 10.6 Å². The van der Waals surface area contributed by atoms with E-state index in [-0.39, 0.29) is 0 Å². The smallest absolute Gasteiger partial charge is 0.180 e. The molecule has 0 spiro atoms. The first kappa shape index (κ1) is 14.8. The van der Waals surface area contributed by atoms with E-state index >= 15 is 0 Å². The predicted molar refractivity (Wildman–Crippen MR) is 95.3 cm³/mol. The summed E-state index contributed by atoms with van der Waals surface area (Å²) in [6.45, 7) is 4.82. The van der Waals surface area contributed by atoms with Crippen LogP contribution in [0.15, 0.2) is 29.8 Å². The highest BCUT2D eigenvalue weighted by Crippen LogP contribution is 2.25. The fourth-order valence-electron chi connectivity index (χ4n) is 1.97. The number of aromatic nitrogens is 3. The Hall–Kier alpha value is -2.12. The van der Waals surface area contributed by atoms with Crippen molar-refractivity contribution < 1.29 is 0 Å². The Balaban J connectivity index is 1.94. The fourth-order valence-corrected chi connectivity index (χ4v) is 3.08. The molecule has 112 valence electrons. The second-order valence-corrected chi connectivity index (χ2v) is 6.09. The van der Waals surface area contributed by atoms with Crippen molar-refractivity contribution in [2.75, 3.05) is 11.9 Å². The predicted octanol–water partition coefficient (Wildman–Crippen LogP) is 3.37. The molecule has 5 nitrogen and oxygen atoms in total. The molecule has 0 bridgehead atoms. The van der Waals surface area contributed by atoms with Crippen molar-refractivity contribution in [3.63, 3.8) is 0 Å². The van der Waals surface area contributed by atoms with Crippen LogP contribution in [-0.2, 0) is 0 Å². The molecule has 22 heavy (non-hydrogen) atoms. The minimum atomic E-state index is 0.548. The van der Waals surface area contributed by atoms with Gasteiger partial charge in [-0.15, -0.1) is 11.3 Å². The van der Waals surface area contributed by atoms with Crippen molar-refractivity contribution in [2.45, 2.75) is 13.8 Å². The van der Waals surface area contributed by atoms with Gasteiger partial charge in [-0.1, -0.05) is 0 Å². The minimum Gasteiger partial charge on any atom is -0.363 e. The van der Waals surface area contributed by atoms with Crippen LogP contribution >= 0.6 is 23.6 Å². The van der Waals surface area contributed by atoms with Crippen molar-refractivity contribution in [1.82, 2.24) is 20.3 Å². The Morgan fingerprint density at radius 1 is 1.32 bits per heavy atom. The Kier molecular flexibility index (Phi) is 4.26. The molecule has 3 aromatic rings. The van der Waals surface area contributed by atoms with Gasteiger partial charge < -0.3 is 10.6 Å². The van der Waals surface area contributed by atoms with E-state index in [2.05, 4.69) is 44.0 Å². The normalized spacial score (nSPS) is 10.6. The summed E-state index contributed by atoms with van der Waals surface area (Å²) >= 11 is 6.82. The van der Waals surface area contributed by atoms with Crippen LogP contribution in [0.4, 0.5) is 5.82 Å². The van der Waals surface area contributed by atoms with E-state index in [1.54, 1.807) is 17.5 Å². The average molecular weight is 329 g/mol. The summed E-state index contributed by atoms with van der Waals surface area (Å²) in [6.07, 6.45) is 1.78. The van der Waals surface area contributed by atoms with E-state index < -0.39 is 0 Å². The van der Waals surface area contributed by atoms with Gasteiger partial charge in [0.2, 0.25) is 0 Å². The second-order valence-electron chi connectivity index (χ2n) is 4.77. The van der Waals surface area contributed by atoms with E-state index in [0.29, 0.717) is 16.6 Å². The van der Waals surface area contributed by atoms with Gasteiger partial charge in [-0.05, 0) is 55.2 Å². The van der Waals surface area contributed by atoms with Gasteiger partial charge in [0.25, 0.3) is 0 Å². The van der Waals surface area contributed by atoms with Crippen LogP contribution in [0, 0.1) is 6.92 Å². The largest absolute Gasteiger partial charge is 0.363 e. The molecule has 0 amide bonds. The van der Waals surface area contributed by atoms with Crippen LogP contribution in [0.5, 0.6) is 0 Å². The number of nitrogens with zero attached hydrogens (tertiary/aromatic N) is 3. The second kappa shape index (κ2) is 6.33. The number of fused-ring (bicyclic) bond motifs is 1. The number of thiocarbonyl (C=S) groups is 1. The molecule has 3 aromatic heterocycles. The fraction of sp³-hybridized carbons (Fsp3) is 0.200. The van der Waals surface area contributed by atoms with Crippen molar-refractivity contribution in [1.29, 1.82) is 0 Å². The first-order chi connectivity index (χ1) is 10.7. The van der Waals surface area contributed by atoms with Crippen LogP contribution in [0.2, 0.25) is 0 Å². The molecule has 0 unspecified atom stereocenters. The van der Waals surface area contributed by atoms with Gasteiger partial charge in [-0.25, -0.2) is 9.97 Å². The van der Waals surface area contributed by atoms with Gasteiger partial charge in [-0.2, -0.15) is 0 Å². The van der Waals surface area contributed by atoms with Crippen LogP contribution in [0.1, 0.15) is 12.5 Å². The van der Waals surface area contributed by atoms with E-state index in [1.165, 1.54) is 5.56 Å². The van der Waals surface area contributed by atoms with Gasteiger partial charge in [0.05, 0.1) is 11.1 Å². The third-order valence-corrected chi connectivity index (χ3v) is 4.29. The molecule has 0 saturated carbocycles. The first-order valence-corrected chi connectivity index (χ1v) is 8.18. The van der Waals surface area contributed by atoms with Crippen LogP contribution in [0.25, 0.3) is 21.7 Å². The molecule has 0 aliphatic rings. The lowest BCUT2D eigenvalue weighted by atomic mass is 10.3. The summed E-state index contributed by atoms with van der Waals surface area (Å²) in [6, 6.07) is 5.83.